The molecule has 0 N–H and O–H groups in total. The third-order valence-corrected chi connectivity index (χ3v) is 0. The zero-order chi connectivity index (χ0) is 0. The molecule has 0 amide bonds. The van der Waals surface area contributed by atoms with Crippen LogP contribution in [0.3, 0.4) is 0 Å². The van der Waals surface area contributed by atoms with Gasteiger partial charge in [-0.25, -0.2) is 0 Å². The Hall–Kier alpha value is 6.65. The molecule has 0 bridgehead atoms. The predicted molar refractivity (Wildman–Crippen MR) is 51.8 cm³/mol. The van der Waals surface area contributed by atoms with Gasteiger partial charge in [0, 0.05) is 51.7 Å². The molecule has 0 aromatic rings. The fourth-order valence-corrected chi connectivity index (χ4v) is 0. The third-order valence-electron chi connectivity index (χ3n) is 0. The van der Waals surface area contributed by atoms with E-state index in [9.17, 15) is 0 Å². The molecule has 0 aromatic heterocycles. The van der Waals surface area contributed by atoms with Crippen LogP contribution >= 0.6 is 0 Å². The van der Waals surface area contributed by atoms with Gasteiger partial charge in [-0.15, -0.1) is 0 Å². The Kier molecular flexibility index (Phi) is 928. The minimum Gasteiger partial charge on any atom is -2.00 e. The van der Waals surface area contributed by atoms with Crippen LogP contribution < -0.4 is 0 Å². The summed E-state index contributed by atoms with van der Waals surface area (Å²) >= 11 is 0. The van der Waals surface area contributed by atoms with Gasteiger partial charge >= 0.3 is 73.7 Å². The molecule has 8 radical (unpaired) electrons. The van der Waals surface area contributed by atoms with Crippen LogP contribution in [0, 0.1) is 0 Å². The topological polar surface area (TPSA) is 0 Å². The quantitative estimate of drug-likeness (QED) is 0.223. The first-order valence-corrected chi connectivity index (χ1v) is 0. The molecule has 0 aromatic carbocycles. The zero-order valence-electron chi connectivity index (χ0n) is 4.95. The fraction of sp³-hybridized carbons (Fsp3) is 0. The predicted octanol–water partition coefficient (Wildman–Crippen LogP) is -3.43. The van der Waals surface area contributed by atoms with Gasteiger partial charge in [0.15, 0.2) is 0 Å². The van der Waals surface area contributed by atoms with Crippen molar-refractivity contribution in [2.24, 2.45) is 0 Å². The summed E-state index contributed by atoms with van der Waals surface area (Å²) in [6.07, 6.45) is 0. The molecule has 0 atom stereocenters. The molecule has 0 fully saturated rings. The Morgan fingerprint density at radius 3 is 0.364 bits per heavy atom. The maximum atomic E-state index is 0. The number of hydrogen-bond acceptors (Lipinski definition) is 0. The summed E-state index contributed by atoms with van der Waals surface area (Å²) < 4.78 is 0. The van der Waals surface area contributed by atoms with Gasteiger partial charge in [0.05, 0.1) is 0 Å². The summed E-state index contributed by atoms with van der Waals surface area (Å²) in [7, 11) is 0. The van der Waals surface area contributed by atoms with Crippen molar-refractivity contribution < 1.29 is 34.1 Å². The van der Waals surface area contributed by atoms with E-state index in [1.54, 1.807) is 0 Å². The van der Waals surface area contributed by atoms with Crippen molar-refractivity contribution in [1.82, 2.24) is 0 Å². The minimum atomic E-state index is 0. The second kappa shape index (κ2) is 92.2. The van der Waals surface area contributed by atoms with Crippen LogP contribution in [0.5, 0.6) is 0 Å². The van der Waals surface area contributed by atoms with Gasteiger partial charge in [-0.1, -0.05) is 0 Å². The molecule has 0 unspecified atom stereocenters. The molecule has 0 spiro atoms. The SMILES string of the molecule is [Cu+2].[Cu+2].[Ga+3].[Ga+3].[In].[In].[Se-2].[Se-2].[Se-2].[Se-2].[Se-2]. The second-order valence-electron chi connectivity index (χ2n) is 0. The van der Waals surface area contributed by atoms with E-state index in [1.165, 1.54) is 0 Å². The average Bonchev–Trinajstić information content (AvgIpc) is 0. The van der Waals surface area contributed by atoms with E-state index in [4.69, 9.17) is 0 Å². The molecular weight excluding hydrogens is 891 g/mol. The van der Waals surface area contributed by atoms with Crippen LogP contribution in [0.1, 0.15) is 0 Å². The maximum absolute atomic E-state index is 0. The van der Waals surface area contributed by atoms with Crippen molar-refractivity contribution in [3.63, 3.8) is 0 Å². The molecule has 0 aliphatic rings. The van der Waals surface area contributed by atoms with Crippen molar-refractivity contribution in [3.8, 4) is 0 Å². The van der Waals surface area contributed by atoms with E-state index in [0.717, 1.165) is 0 Å². The molecule has 0 rings (SSSR count). The first-order chi connectivity index (χ1) is 0. The van der Waals surface area contributed by atoms with E-state index < -0.39 is 0 Å². The first kappa shape index (κ1) is 111. The number of hydrogen-bond donors (Lipinski definition) is 0. The zero-order valence-corrected chi connectivity index (χ0v) is 26.8. The van der Waals surface area contributed by atoms with Gasteiger partial charge in [-0.05, 0) is 0 Å². The summed E-state index contributed by atoms with van der Waals surface area (Å²) in [5, 5.41) is 0. The van der Waals surface area contributed by atoms with Crippen LogP contribution in [-0.4, -0.2) is 177 Å². The molecule has 11 heteroatoms. The summed E-state index contributed by atoms with van der Waals surface area (Å²) in [6.45, 7) is 0. The van der Waals surface area contributed by atoms with Crippen LogP contribution in [0.25, 0.3) is 0 Å². The van der Waals surface area contributed by atoms with E-state index in [0.29, 0.717) is 0 Å². The van der Waals surface area contributed by atoms with Gasteiger partial charge in [0.25, 0.3) is 0 Å². The van der Waals surface area contributed by atoms with Gasteiger partial charge in [-0.2, -0.15) is 0 Å². The van der Waals surface area contributed by atoms with Crippen molar-refractivity contribution in [3.05, 3.63) is 0 Å². The monoisotopic (exact) mass is 893 g/mol. The van der Waals surface area contributed by atoms with Crippen LogP contribution in [0.15, 0.2) is 0 Å². The maximum Gasteiger partial charge on any atom is 3.00 e. The second-order valence-corrected chi connectivity index (χ2v) is 0. The standard InChI is InChI=1S/2Cu.2Ga.2In.5Se/q2*+2;2*+3;;;5*-2. The minimum absolute atomic E-state index is 0. The Bertz CT molecular complexity index is 20.4. The molecule has 0 saturated heterocycles. The van der Waals surface area contributed by atoms with Crippen molar-refractivity contribution in [1.29, 1.82) is 0 Å². The molecule has 64 valence electrons. The Morgan fingerprint density at radius 2 is 0.364 bits per heavy atom. The molecule has 0 heterocycles. The molecule has 0 aliphatic heterocycles. The fourth-order valence-electron chi connectivity index (χ4n) is 0. The van der Waals surface area contributed by atoms with Gasteiger partial charge in [0.1, 0.15) is 0 Å². The summed E-state index contributed by atoms with van der Waals surface area (Å²) in [4.78, 5) is 0. The van der Waals surface area contributed by atoms with E-state index in [2.05, 4.69) is 0 Å². The van der Waals surface area contributed by atoms with E-state index in [-0.39, 0.29) is 211 Å². The number of rotatable bonds is 0. The third kappa shape index (κ3) is 80.8. The van der Waals surface area contributed by atoms with Crippen LogP contribution in [0.2, 0.25) is 0 Å². The summed E-state index contributed by atoms with van der Waals surface area (Å²) in [6, 6.07) is 0. The van der Waals surface area contributed by atoms with E-state index >= 15 is 0 Å². The smallest absolute Gasteiger partial charge is 2.00 e. The van der Waals surface area contributed by atoms with Crippen molar-refractivity contribution in [2.45, 2.75) is 0 Å². The Morgan fingerprint density at radius 1 is 0.364 bits per heavy atom. The Labute approximate surface area is 206 Å². The largest absolute Gasteiger partial charge is 3.00 e. The summed E-state index contributed by atoms with van der Waals surface area (Å²) in [5.41, 5.74) is 0. The molecule has 11 heavy (non-hydrogen) atoms. The van der Waals surface area contributed by atoms with Gasteiger partial charge < -0.3 is 85.3 Å². The van der Waals surface area contributed by atoms with Gasteiger partial charge in [-0.3, -0.25) is 0 Å². The summed E-state index contributed by atoms with van der Waals surface area (Å²) in [5.74, 6) is 0. The van der Waals surface area contributed by atoms with Crippen LogP contribution in [0.4, 0.5) is 0 Å². The molecule has 0 saturated carbocycles. The van der Waals surface area contributed by atoms with E-state index in [1.807, 2.05) is 0 Å². The molecular formula is Cu2Ga2In2Se5. The molecule has 0 aliphatic carbocycles. The Balaban J connectivity index is 0. The first-order valence-electron chi connectivity index (χ1n) is 0. The van der Waals surface area contributed by atoms with Crippen LogP contribution in [-0.2, 0) is 34.1 Å². The van der Waals surface area contributed by atoms with Crippen molar-refractivity contribution >= 4 is 177 Å². The van der Waals surface area contributed by atoms with Gasteiger partial charge in [0.2, 0.25) is 0 Å². The average molecular weight is 891 g/mol. The van der Waals surface area contributed by atoms with Crippen molar-refractivity contribution in [2.75, 3.05) is 0 Å². The normalized spacial score (nSPS) is 0. The molecule has 0 nitrogen and oxygen atoms in total.